The van der Waals surface area contributed by atoms with Crippen LogP contribution in [0.4, 0.5) is 11.5 Å². The van der Waals surface area contributed by atoms with Crippen molar-refractivity contribution in [3.8, 4) is 0 Å². The van der Waals surface area contributed by atoms with Crippen LogP contribution in [0.2, 0.25) is 0 Å². The van der Waals surface area contributed by atoms with E-state index in [0.29, 0.717) is 17.7 Å². The van der Waals surface area contributed by atoms with E-state index in [1.807, 2.05) is 31.3 Å². The van der Waals surface area contributed by atoms with Gasteiger partial charge in [0.1, 0.15) is 5.69 Å². The second-order valence-corrected chi connectivity index (χ2v) is 9.82. The number of fused-ring (bicyclic) bond motifs is 1. The van der Waals surface area contributed by atoms with E-state index in [4.69, 9.17) is 0 Å². The van der Waals surface area contributed by atoms with Crippen molar-refractivity contribution in [1.29, 1.82) is 0 Å². The van der Waals surface area contributed by atoms with Crippen LogP contribution in [0.25, 0.3) is 0 Å². The van der Waals surface area contributed by atoms with E-state index < -0.39 is 0 Å². The lowest BCUT2D eigenvalue weighted by atomic mass is 9.88. The van der Waals surface area contributed by atoms with Gasteiger partial charge in [-0.3, -0.25) is 9.78 Å². The van der Waals surface area contributed by atoms with E-state index in [1.54, 1.807) is 6.20 Å². The molecule has 8 heteroatoms. The van der Waals surface area contributed by atoms with E-state index in [0.717, 1.165) is 53.9 Å². The van der Waals surface area contributed by atoms with Gasteiger partial charge in [-0.2, -0.15) is 0 Å². The molecule has 0 spiro atoms. The van der Waals surface area contributed by atoms with Gasteiger partial charge < -0.3 is 14.9 Å². The molecule has 2 aromatic rings. The molecule has 2 aromatic heterocycles. The Morgan fingerprint density at radius 3 is 2.77 bits per heavy atom. The summed E-state index contributed by atoms with van der Waals surface area (Å²) in [5.41, 5.74) is 3.68. The SMILES string of the molecule is CC1Cc2nc(C=O)cnc2N(C2CCC2)C1.CNCc1cc(NSC2CC2)ccn1. The van der Waals surface area contributed by atoms with Crippen molar-refractivity contribution in [1.82, 2.24) is 20.3 Å². The molecule has 0 aromatic carbocycles. The van der Waals surface area contributed by atoms with Crippen LogP contribution in [-0.2, 0) is 13.0 Å². The minimum atomic E-state index is 0.450. The topological polar surface area (TPSA) is 83.0 Å². The number of anilines is 2. The van der Waals surface area contributed by atoms with Crippen molar-refractivity contribution in [3.05, 3.63) is 41.6 Å². The van der Waals surface area contributed by atoms with Gasteiger partial charge in [-0.1, -0.05) is 6.92 Å². The van der Waals surface area contributed by atoms with E-state index in [1.165, 1.54) is 32.1 Å². The van der Waals surface area contributed by atoms with E-state index in [9.17, 15) is 4.79 Å². The summed E-state index contributed by atoms with van der Waals surface area (Å²) < 4.78 is 3.35. The molecule has 2 N–H and O–H groups in total. The van der Waals surface area contributed by atoms with Crippen LogP contribution >= 0.6 is 11.9 Å². The molecule has 166 valence electrons. The van der Waals surface area contributed by atoms with Crippen molar-refractivity contribution >= 4 is 29.7 Å². The number of rotatable bonds is 7. The fourth-order valence-electron chi connectivity index (χ4n) is 3.86. The first kappa shape index (κ1) is 22.0. The number of hydrogen-bond donors (Lipinski definition) is 2. The number of pyridine rings is 1. The summed E-state index contributed by atoms with van der Waals surface area (Å²) in [7, 11) is 1.93. The number of nitrogens with zero attached hydrogens (tertiary/aromatic N) is 4. The van der Waals surface area contributed by atoms with Crippen LogP contribution in [0.3, 0.4) is 0 Å². The Balaban J connectivity index is 0.000000152. The van der Waals surface area contributed by atoms with Gasteiger partial charge in [0.2, 0.25) is 0 Å². The highest BCUT2D eigenvalue weighted by atomic mass is 32.2. The van der Waals surface area contributed by atoms with Crippen LogP contribution in [0.1, 0.15) is 60.9 Å². The first-order valence-electron chi connectivity index (χ1n) is 11.2. The zero-order valence-corrected chi connectivity index (χ0v) is 19.2. The van der Waals surface area contributed by atoms with Gasteiger partial charge >= 0.3 is 0 Å². The highest BCUT2D eigenvalue weighted by molar-refractivity contribution is 8.01. The monoisotopic (exact) mass is 440 g/mol. The summed E-state index contributed by atoms with van der Waals surface area (Å²) in [5, 5.41) is 3.92. The Morgan fingerprint density at radius 2 is 2.10 bits per heavy atom. The molecule has 7 nitrogen and oxygen atoms in total. The number of hydrogen-bond acceptors (Lipinski definition) is 8. The predicted octanol–water partition coefficient (Wildman–Crippen LogP) is 3.86. The third-order valence-electron chi connectivity index (χ3n) is 5.84. The Kier molecular flexibility index (Phi) is 7.40. The molecular formula is C23H32N6OS. The lowest BCUT2D eigenvalue weighted by molar-refractivity contribution is 0.111. The van der Waals surface area contributed by atoms with Crippen molar-refractivity contribution < 1.29 is 4.79 Å². The first-order chi connectivity index (χ1) is 15.2. The number of aromatic nitrogens is 3. The molecule has 31 heavy (non-hydrogen) atoms. The molecule has 2 saturated carbocycles. The average Bonchev–Trinajstić information content (AvgIpc) is 3.56. The second-order valence-electron chi connectivity index (χ2n) is 8.71. The van der Waals surface area contributed by atoms with Gasteiger partial charge in [0.15, 0.2) is 12.1 Å². The third-order valence-corrected chi connectivity index (χ3v) is 7.00. The van der Waals surface area contributed by atoms with Crippen molar-refractivity contribution in [2.75, 3.05) is 23.2 Å². The molecule has 0 radical (unpaired) electrons. The lowest BCUT2D eigenvalue weighted by Gasteiger charge is -2.42. The summed E-state index contributed by atoms with van der Waals surface area (Å²) >= 11 is 1.82. The summed E-state index contributed by atoms with van der Waals surface area (Å²) in [4.78, 5) is 26.2. The number of nitrogens with one attached hydrogen (secondary N) is 2. The minimum Gasteiger partial charge on any atom is -0.352 e. The normalized spacial score (nSPS) is 20.2. The molecule has 1 unspecified atom stereocenters. The molecule has 3 heterocycles. The van der Waals surface area contributed by atoms with Gasteiger partial charge in [0.05, 0.1) is 17.6 Å². The van der Waals surface area contributed by atoms with Gasteiger partial charge in [0.25, 0.3) is 0 Å². The maximum Gasteiger partial charge on any atom is 0.170 e. The number of carbonyl (C=O) groups excluding carboxylic acids is 1. The summed E-state index contributed by atoms with van der Waals surface area (Å²) in [5.74, 6) is 1.61. The summed E-state index contributed by atoms with van der Waals surface area (Å²) in [6, 6.07) is 4.74. The molecule has 0 saturated heterocycles. The van der Waals surface area contributed by atoms with E-state index >= 15 is 0 Å². The van der Waals surface area contributed by atoms with Crippen molar-refractivity contribution in [2.45, 2.75) is 63.3 Å². The molecule has 1 atom stereocenters. The Hall–Kier alpha value is -2.19. The summed E-state index contributed by atoms with van der Waals surface area (Å²) in [6.45, 7) is 4.14. The van der Waals surface area contributed by atoms with E-state index in [-0.39, 0.29) is 0 Å². The lowest BCUT2D eigenvalue weighted by Crippen LogP contribution is -2.46. The Labute approximate surface area is 189 Å². The molecule has 0 bridgehead atoms. The molecular weight excluding hydrogens is 408 g/mol. The quantitative estimate of drug-likeness (QED) is 0.496. The smallest absolute Gasteiger partial charge is 0.170 e. The highest BCUT2D eigenvalue weighted by Gasteiger charge is 2.32. The Bertz CT molecular complexity index is 886. The largest absolute Gasteiger partial charge is 0.352 e. The molecule has 2 fully saturated rings. The van der Waals surface area contributed by atoms with E-state index in [2.05, 4.69) is 42.9 Å². The third kappa shape index (κ3) is 5.95. The van der Waals surface area contributed by atoms with Crippen molar-refractivity contribution in [2.24, 2.45) is 5.92 Å². The minimum absolute atomic E-state index is 0.450. The molecule has 2 aliphatic carbocycles. The van der Waals surface area contributed by atoms with Crippen LogP contribution in [0.15, 0.2) is 24.5 Å². The molecule has 0 amide bonds. The van der Waals surface area contributed by atoms with Gasteiger partial charge in [0, 0.05) is 36.3 Å². The predicted molar refractivity (Wildman–Crippen MR) is 127 cm³/mol. The zero-order chi connectivity index (χ0) is 21.6. The second kappa shape index (κ2) is 10.4. The number of aldehydes is 1. The maximum absolute atomic E-state index is 10.7. The average molecular weight is 441 g/mol. The van der Waals surface area contributed by atoms with Gasteiger partial charge in [-0.25, -0.2) is 9.97 Å². The van der Waals surface area contributed by atoms with Crippen LogP contribution in [0, 0.1) is 5.92 Å². The first-order valence-corrected chi connectivity index (χ1v) is 12.1. The number of carbonyl (C=O) groups is 1. The van der Waals surface area contributed by atoms with Crippen LogP contribution in [0.5, 0.6) is 0 Å². The van der Waals surface area contributed by atoms with Crippen LogP contribution < -0.4 is 14.9 Å². The fourth-order valence-corrected chi connectivity index (χ4v) is 4.67. The van der Waals surface area contributed by atoms with Gasteiger partial charge in [-0.15, -0.1) is 0 Å². The highest BCUT2D eigenvalue weighted by Crippen LogP contribution is 2.35. The fraction of sp³-hybridized carbons (Fsp3) is 0.565. The molecule has 1 aliphatic heterocycles. The Morgan fingerprint density at radius 1 is 1.26 bits per heavy atom. The maximum atomic E-state index is 10.7. The molecule has 3 aliphatic rings. The van der Waals surface area contributed by atoms with Gasteiger partial charge in [-0.05, 0) is 75.6 Å². The standard InChI is InChI=1S/C13H17N3O.C10H15N3S/c1-9-5-12-13(14-6-10(8-17)15-12)16(7-9)11-3-2-4-11;1-11-7-9-6-8(4-5-12-9)13-14-10-2-3-10/h6,8-9,11H,2-5,7H2,1H3;4-6,10-11H,2-3,7H2,1H3,(H,12,13). The van der Waals surface area contributed by atoms with Crippen molar-refractivity contribution in [3.63, 3.8) is 0 Å². The zero-order valence-electron chi connectivity index (χ0n) is 18.4. The summed E-state index contributed by atoms with van der Waals surface area (Å²) in [6.07, 6.45) is 11.7. The van der Waals surface area contributed by atoms with Crippen LogP contribution in [-0.4, -0.2) is 46.1 Å². The molecule has 5 rings (SSSR count).